The number of carbonyl (C=O) groups is 1. The summed E-state index contributed by atoms with van der Waals surface area (Å²) in [4.78, 5) is 19.0. The molecule has 4 rings (SSSR count). The number of hydrogen-bond donors (Lipinski definition) is 0. The van der Waals surface area contributed by atoms with Gasteiger partial charge >= 0.3 is 0 Å². The first-order valence-electron chi connectivity index (χ1n) is 10.4. The van der Waals surface area contributed by atoms with Gasteiger partial charge in [-0.3, -0.25) is 4.79 Å². The highest BCUT2D eigenvalue weighted by Crippen LogP contribution is 2.28. The fourth-order valence-electron chi connectivity index (χ4n) is 4.10. The van der Waals surface area contributed by atoms with Gasteiger partial charge in [-0.2, -0.15) is 4.31 Å². The van der Waals surface area contributed by atoms with Crippen molar-refractivity contribution in [2.75, 3.05) is 31.9 Å². The van der Waals surface area contributed by atoms with Crippen molar-refractivity contribution in [2.45, 2.75) is 38.0 Å². The van der Waals surface area contributed by atoms with Crippen molar-refractivity contribution < 1.29 is 17.6 Å². The first-order chi connectivity index (χ1) is 14.4. The van der Waals surface area contributed by atoms with E-state index in [4.69, 9.17) is 16.0 Å². The topological polar surface area (TPSA) is 83.7 Å². The summed E-state index contributed by atoms with van der Waals surface area (Å²) in [6, 6.07) is 7.63. The van der Waals surface area contributed by atoms with Crippen LogP contribution in [0, 0.1) is 0 Å². The molecule has 0 N–H and O–H groups in total. The first-order valence-corrected chi connectivity index (χ1v) is 12.3. The van der Waals surface area contributed by atoms with Crippen LogP contribution in [0.1, 0.15) is 48.8 Å². The molecule has 162 valence electrons. The summed E-state index contributed by atoms with van der Waals surface area (Å²) in [5.41, 5.74) is 0.977. The minimum Gasteiger partial charge on any atom is -0.445 e. The molecule has 30 heavy (non-hydrogen) atoms. The molecule has 1 atom stereocenters. The van der Waals surface area contributed by atoms with E-state index in [2.05, 4.69) is 4.98 Å². The maximum Gasteiger partial charge on any atom is 0.237 e. The van der Waals surface area contributed by atoms with E-state index in [0.717, 1.165) is 30.6 Å². The number of aromatic nitrogens is 1. The van der Waals surface area contributed by atoms with Crippen molar-refractivity contribution in [3.05, 3.63) is 52.7 Å². The van der Waals surface area contributed by atoms with Crippen LogP contribution in [-0.2, 0) is 21.2 Å². The Kier molecular flexibility index (Phi) is 6.46. The number of piperidine rings is 1. The average Bonchev–Trinajstić information content (AvgIpc) is 3.20. The lowest BCUT2D eigenvalue weighted by Crippen LogP contribution is -2.48. The number of halogens is 1. The predicted octanol–water partition coefficient (Wildman–Crippen LogP) is 3.05. The standard InChI is InChI=1S/C21H26ClN3O4S/c22-19-8-2-1-6-16(19)12-18-13-23-21(29-18)17-7-5-9-24(14-17)20(26)15-25-10-3-4-11-30(25,27)28/h1-2,6,8,13,17H,3-5,7,9-12,14-15H2/t17-/m0/s1. The van der Waals surface area contributed by atoms with Crippen molar-refractivity contribution in [3.8, 4) is 0 Å². The smallest absolute Gasteiger partial charge is 0.237 e. The molecule has 3 heterocycles. The quantitative estimate of drug-likeness (QED) is 0.697. The molecule has 2 fully saturated rings. The molecule has 0 bridgehead atoms. The van der Waals surface area contributed by atoms with Crippen LogP contribution in [0.2, 0.25) is 5.02 Å². The minimum atomic E-state index is -3.31. The van der Waals surface area contributed by atoms with E-state index in [9.17, 15) is 13.2 Å². The summed E-state index contributed by atoms with van der Waals surface area (Å²) in [7, 11) is -3.31. The molecule has 1 aromatic heterocycles. The van der Waals surface area contributed by atoms with E-state index in [-0.39, 0.29) is 24.1 Å². The van der Waals surface area contributed by atoms with Gasteiger partial charge in [-0.1, -0.05) is 29.8 Å². The van der Waals surface area contributed by atoms with Crippen LogP contribution in [0.3, 0.4) is 0 Å². The summed E-state index contributed by atoms with van der Waals surface area (Å²) in [5.74, 6) is 1.36. The van der Waals surface area contributed by atoms with Crippen molar-refractivity contribution in [3.63, 3.8) is 0 Å². The predicted molar refractivity (Wildman–Crippen MR) is 114 cm³/mol. The van der Waals surface area contributed by atoms with E-state index in [0.29, 0.717) is 43.4 Å². The van der Waals surface area contributed by atoms with Crippen LogP contribution in [0.4, 0.5) is 0 Å². The molecule has 2 aliphatic heterocycles. The summed E-state index contributed by atoms with van der Waals surface area (Å²) in [6.07, 6.45) is 5.48. The van der Waals surface area contributed by atoms with Gasteiger partial charge in [0.2, 0.25) is 15.9 Å². The van der Waals surface area contributed by atoms with Gasteiger partial charge in [-0.25, -0.2) is 13.4 Å². The van der Waals surface area contributed by atoms with Gasteiger partial charge in [0.15, 0.2) is 5.89 Å². The van der Waals surface area contributed by atoms with Crippen molar-refractivity contribution in [2.24, 2.45) is 0 Å². The SMILES string of the molecule is O=C(CN1CCCCS1(=O)=O)N1CCC[C@H](c2ncc(Cc3ccccc3Cl)o2)C1. The van der Waals surface area contributed by atoms with Crippen LogP contribution in [0.25, 0.3) is 0 Å². The highest BCUT2D eigenvalue weighted by Gasteiger charge is 2.32. The van der Waals surface area contributed by atoms with Crippen LogP contribution in [0.15, 0.2) is 34.9 Å². The number of sulfonamides is 1. The Labute approximate surface area is 182 Å². The Morgan fingerprint density at radius 2 is 2.03 bits per heavy atom. The number of nitrogens with zero attached hydrogens (tertiary/aromatic N) is 3. The number of hydrogen-bond acceptors (Lipinski definition) is 5. The third-order valence-electron chi connectivity index (χ3n) is 5.78. The first kappa shape index (κ1) is 21.3. The number of benzene rings is 1. The van der Waals surface area contributed by atoms with Crippen LogP contribution >= 0.6 is 11.6 Å². The minimum absolute atomic E-state index is 0.0145. The molecule has 2 saturated heterocycles. The largest absolute Gasteiger partial charge is 0.445 e. The van der Waals surface area contributed by atoms with Gasteiger partial charge in [-0.15, -0.1) is 0 Å². The van der Waals surface area contributed by atoms with Crippen LogP contribution in [0.5, 0.6) is 0 Å². The Hall–Kier alpha value is -1.90. The van der Waals surface area contributed by atoms with Gasteiger partial charge < -0.3 is 9.32 Å². The van der Waals surface area contributed by atoms with Gasteiger partial charge in [0.05, 0.1) is 24.4 Å². The van der Waals surface area contributed by atoms with E-state index in [1.807, 2.05) is 24.3 Å². The monoisotopic (exact) mass is 451 g/mol. The highest BCUT2D eigenvalue weighted by atomic mass is 35.5. The zero-order valence-corrected chi connectivity index (χ0v) is 18.4. The number of likely N-dealkylation sites (tertiary alicyclic amines) is 1. The number of carbonyl (C=O) groups excluding carboxylic acids is 1. The van der Waals surface area contributed by atoms with Crippen molar-refractivity contribution >= 4 is 27.5 Å². The molecule has 1 amide bonds. The summed E-state index contributed by atoms with van der Waals surface area (Å²) < 4.78 is 31.7. The van der Waals surface area contributed by atoms with Crippen molar-refractivity contribution in [1.82, 2.24) is 14.2 Å². The molecule has 0 radical (unpaired) electrons. The lowest BCUT2D eigenvalue weighted by molar-refractivity contribution is -0.132. The summed E-state index contributed by atoms with van der Waals surface area (Å²) in [6.45, 7) is 1.49. The fraction of sp³-hybridized carbons (Fsp3) is 0.524. The number of rotatable bonds is 5. The summed E-state index contributed by atoms with van der Waals surface area (Å²) in [5, 5.41) is 0.692. The van der Waals surface area contributed by atoms with Crippen molar-refractivity contribution in [1.29, 1.82) is 0 Å². The molecule has 0 spiro atoms. The number of oxazole rings is 1. The molecule has 0 saturated carbocycles. The molecule has 2 aromatic rings. The van der Waals surface area contributed by atoms with E-state index >= 15 is 0 Å². The maximum atomic E-state index is 12.8. The number of amides is 1. The van der Waals surface area contributed by atoms with Crippen LogP contribution < -0.4 is 0 Å². The second kappa shape index (κ2) is 9.08. The van der Waals surface area contributed by atoms with E-state index in [1.165, 1.54) is 4.31 Å². The summed E-state index contributed by atoms with van der Waals surface area (Å²) >= 11 is 6.23. The zero-order chi connectivity index (χ0) is 21.1. The third kappa shape index (κ3) is 4.87. The third-order valence-corrected chi connectivity index (χ3v) is 8.05. The normalized spacial score (nSPS) is 22.2. The Balaban J connectivity index is 1.39. The Bertz CT molecular complexity index is 1010. The van der Waals surface area contributed by atoms with Gasteiger partial charge in [0.1, 0.15) is 5.76 Å². The molecule has 0 aliphatic carbocycles. The second-order valence-corrected chi connectivity index (χ2v) is 10.5. The highest BCUT2D eigenvalue weighted by molar-refractivity contribution is 7.89. The second-order valence-electron chi connectivity index (χ2n) is 7.97. The van der Waals surface area contributed by atoms with Gasteiger partial charge in [-0.05, 0) is 37.3 Å². The maximum absolute atomic E-state index is 12.8. The van der Waals surface area contributed by atoms with Gasteiger partial charge in [0, 0.05) is 31.1 Å². The average molecular weight is 452 g/mol. The Morgan fingerprint density at radius 1 is 1.20 bits per heavy atom. The molecular formula is C21H26ClN3O4S. The van der Waals surface area contributed by atoms with Gasteiger partial charge in [0.25, 0.3) is 0 Å². The zero-order valence-electron chi connectivity index (χ0n) is 16.8. The van der Waals surface area contributed by atoms with E-state index < -0.39 is 10.0 Å². The molecule has 0 unspecified atom stereocenters. The molecule has 9 heteroatoms. The van der Waals surface area contributed by atoms with Crippen LogP contribution in [-0.4, -0.2) is 60.4 Å². The Morgan fingerprint density at radius 3 is 2.83 bits per heavy atom. The molecule has 7 nitrogen and oxygen atoms in total. The molecule has 1 aromatic carbocycles. The molecular weight excluding hydrogens is 426 g/mol. The molecule has 2 aliphatic rings. The lowest BCUT2D eigenvalue weighted by atomic mass is 9.98. The lowest BCUT2D eigenvalue weighted by Gasteiger charge is -2.33. The van der Waals surface area contributed by atoms with E-state index in [1.54, 1.807) is 11.1 Å². The fourth-order valence-corrected chi connectivity index (χ4v) is 5.84.